The zero-order valence-electron chi connectivity index (χ0n) is 10.1. The van der Waals surface area contributed by atoms with E-state index in [0.29, 0.717) is 23.1 Å². The van der Waals surface area contributed by atoms with E-state index >= 15 is 0 Å². The Morgan fingerprint density at radius 3 is 2.89 bits per heavy atom. The molecule has 7 heteroatoms. The number of ether oxygens (including phenoxy) is 2. The Kier molecular flexibility index (Phi) is 5.67. The van der Waals surface area contributed by atoms with E-state index in [9.17, 15) is 0 Å². The minimum absolute atomic E-state index is 0.0934. The number of hydrazone groups is 1. The first-order valence-corrected chi connectivity index (χ1v) is 5.96. The number of nitrogens with two attached hydrogens (primary N) is 1. The van der Waals surface area contributed by atoms with Crippen LogP contribution in [0.5, 0.6) is 11.5 Å². The summed E-state index contributed by atoms with van der Waals surface area (Å²) in [7, 11) is 1.53. The van der Waals surface area contributed by atoms with Crippen LogP contribution in [-0.2, 0) is 0 Å². The smallest absolute Gasteiger partial charge is 0.184 e. The van der Waals surface area contributed by atoms with Crippen molar-refractivity contribution in [2.24, 2.45) is 10.8 Å². The third-order valence-corrected chi connectivity index (χ3v) is 2.30. The summed E-state index contributed by atoms with van der Waals surface area (Å²) in [6.07, 6.45) is 1.53. The fourth-order valence-corrected chi connectivity index (χ4v) is 1.64. The van der Waals surface area contributed by atoms with Crippen LogP contribution < -0.4 is 20.6 Å². The van der Waals surface area contributed by atoms with Gasteiger partial charge in [-0.25, -0.2) is 0 Å². The van der Waals surface area contributed by atoms with Gasteiger partial charge in [0.1, 0.15) is 0 Å². The highest BCUT2D eigenvalue weighted by molar-refractivity contribution is 7.80. The molecule has 0 spiro atoms. The lowest BCUT2D eigenvalue weighted by Crippen LogP contribution is -2.23. The van der Waals surface area contributed by atoms with Gasteiger partial charge in [-0.05, 0) is 36.8 Å². The summed E-state index contributed by atoms with van der Waals surface area (Å²) in [5.41, 5.74) is 8.45. The molecule has 0 aliphatic carbocycles. The molecular weight excluding hydrogens is 274 g/mol. The highest BCUT2D eigenvalue weighted by atomic mass is 35.5. The van der Waals surface area contributed by atoms with Crippen molar-refractivity contribution in [1.82, 2.24) is 5.43 Å². The van der Waals surface area contributed by atoms with Gasteiger partial charge in [0.15, 0.2) is 16.6 Å². The van der Waals surface area contributed by atoms with E-state index in [2.05, 4.69) is 22.7 Å². The molecule has 98 valence electrons. The van der Waals surface area contributed by atoms with E-state index in [1.807, 2.05) is 6.92 Å². The van der Waals surface area contributed by atoms with E-state index in [4.69, 9.17) is 26.8 Å². The second-order valence-electron chi connectivity index (χ2n) is 3.20. The molecule has 0 atom stereocenters. The van der Waals surface area contributed by atoms with Crippen LogP contribution in [-0.4, -0.2) is 25.0 Å². The highest BCUT2D eigenvalue weighted by Gasteiger charge is 2.10. The van der Waals surface area contributed by atoms with Crippen LogP contribution in [0.4, 0.5) is 0 Å². The van der Waals surface area contributed by atoms with Gasteiger partial charge in [0.25, 0.3) is 0 Å². The van der Waals surface area contributed by atoms with Crippen molar-refractivity contribution in [1.29, 1.82) is 0 Å². The Morgan fingerprint density at radius 1 is 1.61 bits per heavy atom. The number of benzene rings is 1. The van der Waals surface area contributed by atoms with Gasteiger partial charge in [-0.2, -0.15) is 5.10 Å². The van der Waals surface area contributed by atoms with Gasteiger partial charge in [0, 0.05) is 0 Å². The standard InChI is InChI=1S/C11H14ClN3O2S/c1-3-17-9-5-7(6-14-15-11(13)18)4-8(12)10(9)16-2/h4-6H,3H2,1-2H3,(H3,13,15,18)/b14-6-. The molecule has 0 amide bonds. The Hall–Kier alpha value is -1.53. The summed E-state index contributed by atoms with van der Waals surface area (Å²) < 4.78 is 10.6. The maximum atomic E-state index is 6.07. The lowest BCUT2D eigenvalue weighted by atomic mass is 10.2. The molecule has 0 bridgehead atoms. The van der Waals surface area contributed by atoms with Crippen molar-refractivity contribution in [2.45, 2.75) is 6.92 Å². The van der Waals surface area contributed by atoms with Gasteiger partial charge in [0.2, 0.25) is 0 Å². The van der Waals surface area contributed by atoms with Crippen LogP contribution in [0.25, 0.3) is 0 Å². The molecule has 0 aromatic heterocycles. The molecule has 3 N–H and O–H groups in total. The van der Waals surface area contributed by atoms with Crippen LogP contribution in [0.1, 0.15) is 12.5 Å². The Labute approximate surface area is 116 Å². The SMILES string of the molecule is CCOc1cc(/C=N\NC(N)=S)cc(Cl)c1OC. The Bertz CT molecular complexity index is 466. The molecule has 18 heavy (non-hydrogen) atoms. The van der Waals surface area contributed by atoms with Gasteiger partial charge in [-0.3, -0.25) is 5.43 Å². The molecule has 0 aliphatic heterocycles. The minimum Gasteiger partial charge on any atom is -0.491 e. The lowest BCUT2D eigenvalue weighted by molar-refractivity contribution is 0.311. The molecule has 0 saturated heterocycles. The topological polar surface area (TPSA) is 68.9 Å². The van der Waals surface area contributed by atoms with Crippen molar-refractivity contribution < 1.29 is 9.47 Å². The maximum absolute atomic E-state index is 6.07. The van der Waals surface area contributed by atoms with Crippen LogP contribution in [0.3, 0.4) is 0 Å². The summed E-state index contributed by atoms with van der Waals surface area (Å²) in [5.74, 6) is 1.06. The van der Waals surface area contributed by atoms with Crippen LogP contribution in [0, 0.1) is 0 Å². The molecule has 0 saturated carbocycles. The van der Waals surface area contributed by atoms with Gasteiger partial charge < -0.3 is 15.2 Å². The minimum atomic E-state index is 0.0934. The number of nitrogens with one attached hydrogen (secondary N) is 1. The molecule has 1 aromatic rings. The van der Waals surface area contributed by atoms with Crippen LogP contribution in [0.15, 0.2) is 17.2 Å². The van der Waals surface area contributed by atoms with Crippen molar-refractivity contribution in [3.63, 3.8) is 0 Å². The first kappa shape index (κ1) is 14.5. The fraction of sp³-hybridized carbons (Fsp3) is 0.273. The Morgan fingerprint density at radius 2 is 2.33 bits per heavy atom. The third-order valence-electron chi connectivity index (χ3n) is 1.92. The van der Waals surface area contributed by atoms with Crippen LogP contribution in [0.2, 0.25) is 5.02 Å². The quantitative estimate of drug-likeness (QED) is 0.492. The van der Waals surface area contributed by atoms with E-state index in [1.54, 1.807) is 12.1 Å². The fourth-order valence-electron chi connectivity index (χ4n) is 1.29. The molecule has 1 aromatic carbocycles. The van der Waals surface area contributed by atoms with E-state index in [-0.39, 0.29) is 5.11 Å². The summed E-state index contributed by atoms with van der Waals surface area (Å²) in [4.78, 5) is 0. The van der Waals surface area contributed by atoms with E-state index < -0.39 is 0 Å². The van der Waals surface area contributed by atoms with Gasteiger partial charge in [0.05, 0.1) is 25.0 Å². The monoisotopic (exact) mass is 287 g/mol. The second-order valence-corrected chi connectivity index (χ2v) is 4.05. The predicted octanol–water partition coefficient (Wildman–Crippen LogP) is 1.91. The number of rotatable bonds is 5. The molecule has 0 heterocycles. The summed E-state index contributed by atoms with van der Waals surface area (Å²) in [6, 6.07) is 3.46. The lowest BCUT2D eigenvalue weighted by Gasteiger charge is -2.11. The summed E-state index contributed by atoms with van der Waals surface area (Å²) in [6.45, 7) is 2.39. The number of halogens is 1. The number of hydrogen-bond donors (Lipinski definition) is 2. The Balaban J connectivity index is 3.00. The molecule has 1 rings (SSSR count). The largest absolute Gasteiger partial charge is 0.491 e. The number of thiocarbonyl (C=S) groups is 1. The number of hydrogen-bond acceptors (Lipinski definition) is 4. The van der Waals surface area contributed by atoms with E-state index in [0.717, 1.165) is 5.56 Å². The van der Waals surface area contributed by atoms with Gasteiger partial charge in [-0.15, -0.1) is 0 Å². The number of nitrogens with zero attached hydrogens (tertiary/aromatic N) is 1. The van der Waals surface area contributed by atoms with Crippen molar-refractivity contribution in [3.05, 3.63) is 22.7 Å². The zero-order valence-corrected chi connectivity index (χ0v) is 11.6. The second kappa shape index (κ2) is 7.03. The molecule has 5 nitrogen and oxygen atoms in total. The average molecular weight is 288 g/mol. The third kappa shape index (κ3) is 4.05. The van der Waals surface area contributed by atoms with Crippen molar-refractivity contribution in [2.75, 3.05) is 13.7 Å². The average Bonchev–Trinajstić information content (AvgIpc) is 2.28. The van der Waals surface area contributed by atoms with Gasteiger partial charge in [-0.1, -0.05) is 11.6 Å². The molecule has 0 fully saturated rings. The van der Waals surface area contributed by atoms with Crippen molar-refractivity contribution >= 4 is 35.1 Å². The number of methoxy groups -OCH3 is 1. The van der Waals surface area contributed by atoms with Crippen molar-refractivity contribution in [3.8, 4) is 11.5 Å². The van der Waals surface area contributed by atoms with Crippen LogP contribution >= 0.6 is 23.8 Å². The first-order chi connectivity index (χ1) is 8.58. The molecule has 0 aliphatic rings. The zero-order chi connectivity index (χ0) is 13.5. The first-order valence-electron chi connectivity index (χ1n) is 5.17. The molecule has 0 radical (unpaired) electrons. The molecule has 0 unspecified atom stereocenters. The predicted molar refractivity (Wildman–Crippen MR) is 76.7 cm³/mol. The van der Waals surface area contributed by atoms with E-state index in [1.165, 1.54) is 13.3 Å². The summed E-state index contributed by atoms with van der Waals surface area (Å²) >= 11 is 10.7. The van der Waals surface area contributed by atoms with Gasteiger partial charge >= 0.3 is 0 Å². The normalized spacial score (nSPS) is 10.4. The highest BCUT2D eigenvalue weighted by Crippen LogP contribution is 2.35. The molecular formula is C11H14ClN3O2S. The summed E-state index contributed by atoms with van der Waals surface area (Å²) in [5, 5.41) is 4.38. The maximum Gasteiger partial charge on any atom is 0.184 e.